The van der Waals surface area contributed by atoms with Gasteiger partial charge in [-0.25, -0.2) is 10.8 Å². The molecule has 0 saturated carbocycles. The van der Waals surface area contributed by atoms with Crippen LogP contribution in [-0.2, 0) is 0 Å². The summed E-state index contributed by atoms with van der Waals surface area (Å²) in [5.41, 5.74) is 2.44. The topological polar surface area (TPSA) is 91.5 Å². The lowest BCUT2D eigenvalue weighted by Crippen LogP contribution is -2.30. The van der Waals surface area contributed by atoms with Crippen LogP contribution in [0.15, 0.2) is 12.1 Å². The molecule has 1 aromatic heterocycles. The fourth-order valence-electron chi connectivity index (χ4n) is 1.10. The summed E-state index contributed by atoms with van der Waals surface area (Å²) in [6.45, 7) is 0.103. The monoisotopic (exact) mass is 244 g/mol. The van der Waals surface area contributed by atoms with Crippen LogP contribution in [0.25, 0.3) is 0 Å². The van der Waals surface area contributed by atoms with Gasteiger partial charge >= 0.3 is 0 Å². The Morgan fingerprint density at radius 3 is 2.94 bits per heavy atom. The number of pyridine rings is 1. The van der Waals surface area contributed by atoms with Gasteiger partial charge in [0, 0.05) is 13.6 Å². The highest BCUT2D eigenvalue weighted by Gasteiger charge is 2.16. The number of hydrazine groups is 1. The largest absolute Gasteiger partial charge is 0.395 e. The molecule has 88 valence electrons. The number of rotatable bonds is 4. The van der Waals surface area contributed by atoms with Gasteiger partial charge in [-0.1, -0.05) is 11.6 Å². The van der Waals surface area contributed by atoms with Crippen molar-refractivity contribution in [3.8, 4) is 0 Å². The molecular formula is C9H13ClN4O2. The molecule has 6 nitrogen and oxygen atoms in total. The van der Waals surface area contributed by atoms with E-state index in [4.69, 9.17) is 22.6 Å². The highest BCUT2D eigenvalue weighted by Crippen LogP contribution is 2.17. The molecule has 0 radical (unpaired) electrons. The van der Waals surface area contributed by atoms with Crippen LogP contribution in [0.4, 0.5) is 5.82 Å². The van der Waals surface area contributed by atoms with Crippen LogP contribution in [0.5, 0.6) is 0 Å². The second kappa shape index (κ2) is 5.64. The van der Waals surface area contributed by atoms with E-state index in [0.29, 0.717) is 5.82 Å². The number of hydrogen-bond donors (Lipinski definition) is 3. The number of anilines is 1. The fourth-order valence-corrected chi connectivity index (χ4v) is 1.29. The molecule has 0 unspecified atom stereocenters. The Balaban J connectivity index is 2.97. The second-order valence-electron chi connectivity index (χ2n) is 3.12. The van der Waals surface area contributed by atoms with Gasteiger partial charge in [0.15, 0.2) is 0 Å². The summed E-state index contributed by atoms with van der Waals surface area (Å²) in [6.07, 6.45) is 0. The normalized spacial score (nSPS) is 10.0. The van der Waals surface area contributed by atoms with Gasteiger partial charge in [0.25, 0.3) is 5.91 Å². The van der Waals surface area contributed by atoms with Crippen LogP contribution in [-0.4, -0.2) is 41.1 Å². The van der Waals surface area contributed by atoms with Crippen LogP contribution < -0.4 is 11.3 Å². The summed E-state index contributed by atoms with van der Waals surface area (Å²) in [4.78, 5) is 17.1. The molecule has 0 saturated heterocycles. The molecule has 0 bridgehead atoms. The van der Waals surface area contributed by atoms with E-state index < -0.39 is 0 Å². The third-order valence-electron chi connectivity index (χ3n) is 1.98. The molecule has 0 fully saturated rings. The van der Waals surface area contributed by atoms with E-state index in [1.807, 2.05) is 0 Å². The summed E-state index contributed by atoms with van der Waals surface area (Å²) < 4.78 is 0. The predicted octanol–water partition coefficient (Wildman–Crippen LogP) is 0.0849. The standard InChI is InChI=1S/C9H13ClN4O2/c1-14(4-5-15)9(16)8-6(10)2-3-7(12-8)13-11/h2-3,15H,4-5,11H2,1H3,(H,12,13). The summed E-state index contributed by atoms with van der Waals surface area (Å²) >= 11 is 5.85. The van der Waals surface area contributed by atoms with E-state index in [1.54, 1.807) is 13.1 Å². The second-order valence-corrected chi connectivity index (χ2v) is 3.53. The van der Waals surface area contributed by atoms with Crippen LogP contribution >= 0.6 is 11.6 Å². The Kier molecular flexibility index (Phi) is 4.48. The number of carbonyl (C=O) groups is 1. The maximum atomic E-state index is 11.8. The minimum Gasteiger partial charge on any atom is -0.395 e. The maximum absolute atomic E-state index is 11.8. The van der Waals surface area contributed by atoms with E-state index in [9.17, 15) is 4.79 Å². The molecule has 7 heteroatoms. The SMILES string of the molecule is CN(CCO)C(=O)c1nc(NN)ccc1Cl. The molecule has 4 N–H and O–H groups in total. The lowest BCUT2D eigenvalue weighted by atomic mass is 10.3. The molecule has 0 aliphatic heterocycles. The van der Waals surface area contributed by atoms with Gasteiger partial charge in [0.1, 0.15) is 11.5 Å². The van der Waals surface area contributed by atoms with Gasteiger partial charge in [0.2, 0.25) is 0 Å². The van der Waals surface area contributed by atoms with Crippen LogP contribution in [0, 0.1) is 0 Å². The number of aromatic nitrogens is 1. The van der Waals surface area contributed by atoms with Gasteiger partial charge < -0.3 is 15.4 Å². The Labute approximate surface area is 98.0 Å². The van der Waals surface area contributed by atoms with E-state index in [-0.39, 0.29) is 29.8 Å². The summed E-state index contributed by atoms with van der Waals surface area (Å²) in [6, 6.07) is 3.09. The first-order chi connectivity index (χ1) is 7.60. The molecule has 1 aromatic rings. The first-order valence-electron chi connectivity index (χ1n) is 4.59. The third kappa shape index (κ3) is 2.82. The van der Waals surface area contributed by atoms with Crippen molar-refractivity contribution in [2.24, 2.45) is 5.84 Å². The number of carbonyl (C=O) groups excluding carboxylic acids is 1. The first kappa shape index (κ1) is 12.7. The van der Waals surface area contributed by atoms with E-state index in [1.165, 1.54) is 11.0 Å². The van der Waals surface area contributed by atoms with Crippen molar-refractivity contribution in [2.45, 2.75) is 0 Å². The lowest BCUT2D eigenvalue weighted by molar-refractivity contribution is 0.0761. The number of nitrogens with two attached hydrogens (primary N) is 1. The van der Waals surface area contributed by atoms with Crippen molar-refractivity contribution in [1.29, 1.82) is 0 Å². The van der Waals surface area contributed by atoms with Gasteiger partial charge in [-0.3, -0.25) is 4.79 Å². The maximum Gasteiger partial charge on any atom is 0.273 e. The number of hydrogen-bond acceptors (Lipinski definition) is 5. The zero-order chi connectivity index (χ0) is 12.1. The van der Waals surface area contributed by atoms with Crippen LogP contribution in [0.1, 0.15) is 10.5 Å². The van der Waals surface area contributed by atoms with Gasteiger partial charge in [-0.2, -0.15) is 0 Å². The highest BCUT2D eigenvalue weighted by molar-refractivity contribution is 6.33. The molecule has 1 rings (SSSR count). The molecule has 1 heterocycles. The predicted molar refractivity (Wildman–Crippen MR) is 61.1 cm³/mol. The fraction of sp³-hybridized carbons (Fsp3) is 0.333. The Morgan fingerprint density at radius 2 is 2.38 bits per heavy atom. The molecule has 0 aliphatic rings. The van der Waals surface area contributed by atoms with Crippen molar-refractivity contribution >= 4 is 23.3 Å². The summed E-state index contributed by atoms with van der Waals surface area (Å²) in [5, 5.41) is 8.97. The minimum absolute atomic E-state index is 0.105. The Bertz CT molecular complexity index is 386. The number of nitrogen functional groups attached to an aromatic ring is 1. The highest BCUT2D eigenvalue weighted by atomic mass is 35.5. The zero-order valence-corrected chi connectivity index (χ0v) is 9.53. The van der Waals surface area contributed by atoms with E-state index >= 15 is 0 Å². The molecule has 0 atom stereocenters. The molecule has 0 aromatic carbocycles. The molecule has 1 amide bonds. The number of aliphatic hydroxyl groups is 1. The average Bonchev–Trinajstić information content (AvgIpc) is 2.29. The smallest absolute Gasteiger partial charge is 0.273 e. The van der Waals surface area contributed by atoms with Gasteiger partial charge in [-0.05, 0) is 12.1 Å². The number of nitrogens with one attached hydrogen (secondary N) is 1. The average molecular weight is 245 g/mol. The van der Waals surface area contributed by atoms with Gasteiger partial charge in [0.05, 0.1) is 11.6 Å². The minimum atomic E-state index is -0.365. The van der Waals surface area contributed by atoms with E-state index in [0.717, 1.165) is 0 Å². The van der Waals surface area contributed by atoms with Crippen molar-refractivity contribution in [1.82, 2.24) is 9.88 Å². The van der Waals surface area contributed by atoms with Gasteiger partial charge in [-0.15, -0.1) is 0 Å². The van der Waals surface area contributed by atoms with Crippen LogP contribution in [0.3, 0.4) is 0 Å². The number of likely N-dealkylation sites (N-methyl/N-ethyl adjacent to an activating group) is 1. The number of halogens is 1. The number of nitrogens with zero attached hydrogens (tertiary/aromatic N) is 2. The van der Waals surface area contributed by atoms with Crippen molar-refractivity contribution in [3.05, 3.63) is 22.8 Å². The van der Waals surface area contributed by atoms with Crippen molar-refractivity contribution in [2.75, 3.05) is 25.6 Å². The number of aliphatic hydroxyl groups excluding tert-OH is 1. The summed E-state index contributed by atoms with van der Waals surface area (Å²) in [5.74, 6) is 5.17. The van der Waals surface area contributed by atoms with Crippen molar-refractivity contribution in [3.63, 3.8) is 0 Å². The Hall–Kier alpha value is -1.37. The molecule has 0 spiro atoms. The lowest BCUT2D eigenvalue weighted by Gasteiger charge is -2.16. The van der Waals surface area contributed by atoms with E-state index in [2.05, 4.69) is 10.4 Å². The summed E-state index contributed by atoms with van der Waals surface area (Å²) in [7, 11) is 1.55. The molecular weight excluding hydrogens is 232 g/mol. The van der Waals surface area contributed by atoms with Crippen molar-refractivity contribution < 1.29 is 9.90 Å². The quantitative estimate of drug-likeness (QED) is 0.516. The molecule has 0 aliphatic carbocycles. The molecule has 16 heavy (non-hydrogen) atoms. The first-order valence-corrected chi connectivity index (χ1v) is 4.97. The third-order valence-corrected chi connectivity index (χ3v) is 2.28. The zero-order valence-electron chi connectivity index (χ0n) is 8.77. The Morgan fingerprint density at radius 1 is 1.69 bits per heavy atom. The van der Waals surface area contributed by atoms with Crippen LogP contribution in [0.2, 0.25) is 5.02 Å². The number of amides is 1.